The maximum absolute atomic E-state index is 14.2. The van der Waals surface area contributed by atoms with Crippen LogP contribution in [-0.4, -0.2) is 41.2 Å². The second-order valence-corrected chi connectivity index (χ2v) is 9.68. The molecule has 0 aromatic heterocycles. The van der Waals surface area contributed by atoms with Gasteiger partial charge >= 0.3 is 6.09 Å². The zero-order chi connectivity index (χ0) is 23.9. The highest BCUT2D eigenvalue weighted by molar-refractivity contribution is 6.30. The van der Waals surface area contributed by atoms with Gasteiger partial charge in [-0.2, -0.15) is 0 Å². The molecule has 0 spiro atoms. The van der Waals surface area contributed by atoms with Gasteiger partial charge in [-0.3, -0.25) is 0 Å². The standard InChI is InChI=1S/C25H33ClFNO4/c1-5-25(15-29,16-30)14-20(28-23(31)32-24(2,3)4)12-17-6-8-18(9-7-17)21-13-19(26)10-11-22(21)27/h6-11,13,20,29-30H,5,12,14-16H2,1-4H3,(H,28,31)/t20-/m1/s1. The van der Waals surface area contributed by atoms with E-state index >= 15 is 0 Å². The summed E-state index contributed by atoms with van der Waals surface area (Å²) in [4.78, 5) is 12.4. The molecule has 2 aromatic carbocycles. The third-order valence-electron chi connectivity index (χ3n) is 5.50. The van der Waals surface area contributed by atoms with Crippen LogP contribution < -0.4 is 5.32 Å². The highest BCUT2D eigenvalue weighted by Crippen LogP contribution is 2.30. The molecule has 1 amide bonds. The van der Waals surface area contributed by atoms with Crippen molar-refractivity contribution >= 4 is 17.7 Å². The van der Waals surface area contributed by atoms with E-state index in [0.717, 1.165) is 5.56 Å². The molecule has 0 aliphatic carbocycles. The van der Waals surface area contributed by atoms with Crippen LogP contribution in [0.4, 0.5) is 9.18 Å². The SMILES string of the molecule is CCC(CO)(CO)C[C@@H](Cc1ccc(-c2cc(Cl)ccc2F)cc1)NC(=O)OC(C)(C)C. The van der Waals surface area contributed by atoms with Crippen LogP contribution in [0.1, 0.15) is 46.1 Å². The van der Waals surface area contributed by atoms with Gasteiger partial charge in [-0.15, -0.1) is 0 Å². The van der Waals surface area contributed by atoms with Crippen molar-refractivity contribution in [3.8, 4) is 11.1 Å². The van der Waals surface area contributed by atoms with Crippen LogP contribution in [0.5, 0.6) is 0 Å². The molecule has 2 rings (SSSR count). The quantitative estimate of drug-likeness (QED) is 0.466. The number of benzene rings is 2. The minimum atomic E-state index is -0.719. The Morgan fingerprint density at radius 3 is 2.28 bits per heavy atom. The van der Waals surface area contributed by atoms with E-state index in [4.69, 9.17) is 16.3 Å². The Kier molecular flexibility index (Phi) is 9.08. The molecule has 0 aliphatic heterocycles. The number of rotatable bonds is 9. The Morgan fingerprint density at radius 2 is 1.75 bits per heavy atom. The van der Waals surface area contributed by atoms with Crippen molar-refractivity contribution in [2.45, 2.75) is 58.6 Å². The molecule has 2 aromatic rings. The molecule has 32 heavy (non-hydrogen) atoms. The number of hydrogen-bond acceptors (Lipinski definition) is 4. The van der Waals surface area contributed by atoms with E-state index in [9.17, 15) is 19.4 Å². The molecule has 0 unspecified atom stereocenters. The average Bonchev–Trinajstić information content (AvgIpc) is 2.73. The predicted molar refractivity (Wildman–Crippen MR) is 125 cm³/mol. The largest absolute Gasteiger partial charge is 0.444 e. The lowest BCUT2D eigenvalue weighted by molar-refractivity contribution is 0.0268. The number of carbonyl (C=O) groups excluding carboxylic acids is 1. The van der Waals surface area contributed by atoms with E-state index in [-0.39, 0.29) is 25.1 Å². The lowest BCUT2D eigenvalue weighted by Crippen LogP contribution is -2.45. The fourth-order valence-corrected chi connectivity index (χ4v) is 3.71. The Hall–Kier alpha value is -2.15. The zero-order valence-electron chi connectivity index (χ0n) is 19.1. The third-order valence-corrected chi connectivity index (χ3v) is 5.73. The van der Waals surface area contributed by atoms with Crippen molar-refractivity contribution < 1.29 is 24.1 Å². The van der Waals surface area contributed by atoms with E-state index in [0.29, 0.717) is 35.4 Å². The number of aliphatic hydroxyl groups is 2. The Bertz CT molecular complexity index is 884. The van der Waals surface area contributed by atoms with Crippen molar-refractivity contribution in [2.24, 2.45) is 5.41 Å². The summed E-state index contributed by atoms with van der Waals surface area (Å²) in [5.74, 6) is -0.356. The Labute approximate surface area is 194 Å². The number of alkyl carbamates (subject to hydrolysis) is 1. The fourth-order valence-electron chi connectivity index (χ4n) is 3.54. The summed E-state index contributed by atoms with van der Waals surface area (Å²) in [6, 6.07) is 11.4. The molecule has 0 fully saturated rings. The third kappa shape index (κ3) is 7.47. The first-order valence-corrected chi connectivity index (χ1v) is 11.1. The summed E-state index contributed by atoms with van der Waals surface area (Å²) in [7, 11) is 0. The lowest BCUT2D eigenvalue weighted by Gasteiger charge is -2.33. The van der Waals surface area contributed by atoms with Crippen LogP contribution in [0.2, 0.25) is 5.02 Å². The van der Waals surface area contributed by atoms with Crippen LogP contribution in [0.15, 0.2) is 42.5 Å². The van der Waals surface area contributed by atoms with Gasteiger partial charge in [-0.1, -0.05) is 42.8 Å². The molecule has 0 radical (unpaired) electrons. The average molecular weight is 466 g/mol. The van der Waals surface area contributed by atoms with Gasteiger partial charge in [0.05, 0.1) is 13.2 Å². The maximum Gasteiger partial charge on any atom is 0.407 e. The zero-order valence-corrected chi connectivity index (χ0v) is 19.9. The first-order valence-electron chi connectivity index (χ1n) is 10.8. The second-order valence-electron chi connectivity index (χ2n) is 9.24. The molecule has 0 saturated heterocycles. The Morgan fingerprint density at radius 1 is 1.12 bits per heavy atom. The number of aliphatic hydroxyl groups excluding tert-OH is 2. The van der Waals surface area contributed by atoms with Gasteiger partial charge < -0.3 is 20.3 Å². The van der Waals surface area contributed by atoms with Crippen LogP contribution in [0.25, 0.3) is 11.1 Å². The molecule has 0 aliphatic rings. The molecular weight excluding hydrogens is 433 g/mol. The number of ether oxygens (including phenoxy) is 1. The number of halogens is 2. The van der Waals surface area contributed by atoms with Crippen molar-refractivity contribution in [3.63, 3.8) is 0 Å². The molecule has 5 nitrogen and oxygen atoms in total. The van der Waals surface area contributed by atoms with Gasteiger partial charge in [0.2, 0.25) is 0 Å². The van der Waals surface area contributed by atoms with Crippen molar-refractivity contribution in [1.82, 2.24) is 5.32 Å². The summed E-state index contributed by atoms with van der Waals surface area (Å²) in [6.07, 6.45) is 0.833. The molecule has 176 valence electrons. The van der Waals surface area contributed by atoms with Crippen LogP contribution in [0.3, 0.4) is 0 Å². The highest BCUT2D eigenvalue weighted by Gasteiger charge is 2.32. The van der Waals surface area contributed by atoms with Gasteiger partial charge in [-0.05, 0) is 69.4 Å². The first kappa shape index (κ1) is 26.1. The highest BCUT2D eigenvalue weighted by atomic mass is 35.5. The summed E-state index contributed by atoms with van der Waals surface area (Å²) < 4.78 is 19.6. The molecule has 0 heterocycles. The van der Waals surface area contributed by atoms with Gasteiger partial charge in [-0.25, -0.2) is 9.18 Å². The minimum Gasteiger partial charge on any atom is -0.444 e. The van der Waals surface area contributed by atoms with Crippen LogP contribution in [-0.2, 0) is 11.2 Å². The first-order chi connectivity index (χ1) is 15.0. The van der Waals surface area contributed by atoms with Gasteiger partial charge in [0.25, 0.3) is 0 Å². The number of nitrogens with one attached hydrogen (secondary N) is 1. The Balaban J connectivity index is 2.23. The monoisotopic (exact) mass is 465 g/mol. The predicted octanol–water partition coefficient (Wildman–Crippen LogP) is 5.35. The number of amides is 1. The summed E-state index contributed by atoms with van der Waals surface area (Å²) in [5.41, 5.74) is 0.659. The molecule has 3 N–H and O–H groups in total. The second kappa shape index (κ2) is 11.1. The van der Waals surface area contributed by atoms with Crippen LogP contribution in [0, 0.1) is 11.2 Å². The van der Waals surface area contributed by atoms with Gasteiger partial charge in [0, 0.05) is 22.0 Å². The van der Waals surface area contributed by atoms with Crippen LogP contribution >= 0.6 is 11.6 Å². The molecule has 7 heteroatoms. The molecule has 1 atom stereocenters. The van der Waals surface area contributed by atoms with E-state index in [1.165, 1.54) is 12.1 Å². The van der Waals surface area contributed by atoms with E-state index < -0.39 is 17.1 Å². The van der Waals surface area contributed by atoms with E-state index in [1.807, 2.05) is 19.1 Å². The van der Waals surface area contributed by atoms with E-state index in [2.05, 4.69) is 5.32 Å². The summed E-state index contributed by atoms with van der Waals surface area (Å²) in [6.45, 7) is 6.86. The van der Waals surface area contributed by atoms with Crippen molar-refractivity contribution in [3.05, 3.63) is 58.9 Å². The van der Waals surface area contributed by atoms with E-state index in [1.54, 1.807) is 39.0 Å². The molecule has 0 bridgehead atoms. The lowest BCUT2D eigenvalue weighted by atomic mass is 9.79. The topological polar surface area (TPSA) is 78.8 Å². The van der Waals surface area contributed by atoms with Gasteiger partial charge in [0.1, 0.15) is 11.4 Å². The number of carbonyl (C=O) groups is 1. The molecule has 0 saturated carbocycles. The number of hydrogen-bond donors (Lipinski definition) is 3. The molecular formula is C25H33ClFNO4. The van der Waals surface area contributed by atoms with Crippen molar-refractivity contribution in [1.29, 1.82) is 0 Å². The minimum absolute atomic E-state index is 0.195. The normalized spacial score (nSPS) is 13.0. The summed E-state index contributed by atoms with van der Waals surface area (Å²) in [5, 5.41) is 23.1. The fraction of sp³-hybridized carbons (Fsp3) is 0.480. The summed E-state index contributed by atoms with van der Waals surface area (Å²) >= 11 is 6.00. The van der Waals surface area contributed by atoms with Gasteiger partial charge in [0.15, 0.2) is 0 Å². The van der Waals surface area contributed by atoms with Crippen molar-refractivity contribution in [2.75, 3.05) is 13.2 Å². The smallest absolute Gasteiger partial charge is 0.407 e. The maximum atomic E-state index is 14.2.